The summed E-state index contributed by atoms with van der Waals surface area (Å²) in [5.41, 5.74) is 5.85. The van der Waals surface area contributed by atoms with E-state index in [-0.39, 0.29) is 11.0 Å². The zero-order valence-corrected chi connectivity index (χ0v) is 9.34. The van der Waals surface area contributed by atoms with Gasteiger partial charge in [0, 0.05) is 12.6 Å². The lowest BCUT2D eigenvalue weighted by Crippen LogP contribution is -2.28. The number of amides is 1. The van der Waals surface area contributed by atoms with Crippen molar-refractivity contribution in [2.75, 3.05) is 5.73 Å². The minimum Gasteiger partial charge on any atom is -0.399 e. The van der Waals surface area contributed by atoms with Crippen LogP contribution in [-0.2, 0) is 14.8 Å². The molecule has 1 aromatic carbocycles. The van der Waals surface area contributed by atoms with E-state index in [1.165, 1.54) is 24.3 Å². The Balaban J connectivity index is 0.00000196. The number of nitrogens with two attached hydrogens (primary N) is 1. The van der Waals surface area contributed by atoms with Gasteiger partial charge < -0.3 is 11.9 Å². The van der Waals surface area contributed by atoms with E-state index < -0.39 is 15.9 Å². The molecule has 0 aromatic heterocycles. The molecule has 0 saturated carbocycles. The van der Waals surface area contributed by atoms with Gasteiger partial charge in [0.2, 0.25) is 5.91 Å². The van der Waals surface area contributed by atoms with Crippen molar-refractivity contribution in [1.82, 2.24) is 10.9 Å². The second-order valence-corrected chi connectivity index (χ2v) is 4.41. The number of nitrogens with one attached hydrogen (secondary N) is 1. The van der Waals surface area contributed by atoms with E-state index in [9.17, 15) is 13.2 Å². The Hall–Kier alpha value is -1.60. The van der Waals surface area contributed by atoms with Crippen LogP contribution < -0.4 is 16.6 Å². The molecule has 0 aliphatic heterocycles. The molecule has 0 fully saturated rings. The number of benzene rings is 1. The first-order chi connectivity index (χ1) is 6.42. The van der Waals surface area contributed by atoms with Crippen LogP contribution in [0.3, 0.4) is 0 Å². The Morgan fingerprint density at radius 3 is 2.13 bits per heavy atom. The normalized spacial score (nSPS) is 10.2. The molecule has 0 heterocycles. The van der Waals surface area contributed by atoms with Crippen LogP contribution >= 0.6 is 0 Å². The summed E-state index contributed by atoms with van der Waals surface area (Å²) in [6.07, 6.45) is 0. The molecule has 0 unspecified atom stereocenters. The molecule has 0 spiro atoms. The van der Waals surface area contributed by atoms with Crippen LogP contribution in [0.25, 0.3) is 0 Å². The van der Waals surface area contributed by atoms with Gasteiger partial charge >= 0.3 is 0 Å². The number of nitrogen functional groups attached to an aromatic ring is 1. The van der Waals surface area contributed by atoms with Crippen molar-refractivity contribution >= 4 is 21.6 Å². The van der Waals surface area contributed by atoms with Crippen molar-refractivity contribution in [2.24, 2.45) is 0 Å². The average molecular weight is 232 g/mol. The monoisotopic (exact) mass is 232 g/mol. The third-order valence-electron chi connectivity index (χ3n) is 1.47. The summed E-state index contributed by atoms with van der Waals surface area (Å²) in [6.45, 7) is 1.13. The molecular formula is C8H14N3O3S+. The summed E-state index contributed by atoms with van der Waals surface area (Å²) in [5.74, 6) is -0.623. The third kappa shape index (κ3) is 3.56. The highest BCUT2D eigenvalue weighted by Crippen LogP contribution is 2.10. The topological polar surface area (TPSA) is 126 Å². The highest BCUT2D eigenvalue weighted by atomic mass is 32.2. The second-order valence-electron chi connectivity index (χ2n) is 2.73. The van der Waals surface area contributed by atoms with E-state index in [2.05, 4.69) is 0 Å². The molecule has 0 atom stereocenters. The van der Waals surface area contributed by atoms with Crippen LogP contribution in [0.1, 0.15) is 6.92 Å². The molecule has 0 aliphatic rings. The van der Waals surface area contributed by atoms with Crippen LogP contribution in [0, 0.1) is 0 Å². The summed E-state index contributed by atoms with van der Waals surface area (Å²) < 4.78 is 24.6. The molecule has 15 heavy (non-hydrogen) atoms. The maximum Gasteiger partial charge on any atom is 0.264 e. The van der Waals surface area contributed by atoms with Gasteiger partial charge in [-0.25, -0.2) is 13.1 Å². The van der Waals surface area contributed by atoms with Gasteiger partial charge in [0.15, 0.2) is 0 Å². The van der Waals surface area contributed by atoms with E-state index in [4.69, 9.17) is 5.73 Å². The average Bonchev–Trinajstić information content (AvgIpc) is 2.02. The van der Waals surface area contributed by atoms with Crippen molar-refractivity contribution in [2.45, 2.75) is 11.8 Å². The van der Waals surface area contributed by atoms with Crippen LogP contribution in [0.4, 0.5) is 5.69 Å². The molecular weight excluding hydrogens is 218 g/mol. The molecule has 7 N–H and O–H groups in total. The highest BCUT2D eigenvalue weighted by molar-refractivity contribution is 7.90. The van der Waals surface area contributed by atoms with Crippen molar-refractivity contribution < 1.29 is 13.2 Å². The van der Waals surface area contributed by atoms with Gasteiger partial charge in [-0.05, 0) is 24.3 Å². The first-order valence-electron chi connectivity index (χ1n) is 3.81. The fraction of sp³-hybridized carbons (Fsp3) is 0.125. The maximum atomic E-state index is 11.4. The van der Waals surface area contributed by atoms with Gasteiger partial charge in [-0.3, -0.25) is 4.79 Å². The lowest BCUT2D eigenvalue weighted by molar-refractivity contribution is -0.117. The molecule has 1 rings (SSSR count). The van der Waals surface area contributed by atoms with Gasteiger partial charge in [-0.2, -0.15) is 0 Å². The molecule has 1 amide bonds. The largest absolute Gasteiger partial charge is 0.399 e. The molecule has 84 valence electrons. The molecule has 1 aromatic rings. The van der Waals surface area contributed by atoms with Crippen molar-refractivity contribution in [1.29, 1.82) is 0 Å². The van der Waals surface area contributed by atoms with Gasteiger partial charge in [0.25, 0.3) is 10.0 Å². The Labute approximate surface area is 88.1 Å². The molecule has 0 aliphatic carbocycles. The zero-order chi connectivity index (χ0) is 10.8. The quantitative estimate of drug-likeness (QED) is 0.640. The lowest BCUT2D eigenvalue weighted by Gasteiger charge is -2.04. The first-order valence-corrected chi connectivity index (χ1v) is 5.29. The Kier molecular flexibility index (Phi) is 4.25. The highest BCUT2D eigenvalue weighted by Gasteiger charge is 2.14. The molecule has 0 radical (unpaired) electrons. The zero-order valence-electron chi connectivity index (χ0n) is 8.52. The predicted octanol–water partition coefficient (Wildman–Crippen LogP) is 0.470. The third-order valence-corrected chi connectivity index (χ3v) is 2.92. The minimum atomic E-state index is -3.73. The summed E-state index contributed by atoms with van der Waals surface area (Å²) in [7, 11) is -3.73. The van der Waals surface area contributed by atoms with Gasteiger partial charge in [0.1, 0.15) is 0 Å². The van der Waals surface area contributed by atoms with Crippen LogP contribution in [0.2, 0.25) is 0 Å². The number of quaternary nitrogens is 1. The van der Waals surface area contributed by atoms with Crippen molar-refractivity contribution in [3.63, 3.8) is 0 Å². The van der Waals surface area contributed by atoms with Crippen molar-refractivity contribution in [3.8, 4) is 0 Å². The summed E-state index contributed by atoms with van der Waals surface area (Å²) in [5, 5.41) is 0. The van der Waals surface area contributed by atoms with E-state index in [0.717, 1.165) is 6.92 Å². The lowest BCUT2D eigenvalue weighted by atomic mass is 10.3. The number of anilines is 1. The van der Waals surface area contributed by atoms with E-state index in [0.29, 0.717) is 5.69 Å². The van der Waals surface area contributed by atoms with Crippen LogP contribution in [-0.4, -0.2) is 14.3 Å². The van der Waals surface area contributed by atoms with Crippen molar-refractivity contribution in [3.05, 3.63) is 24.3 Å². The number of sulfonamides is 1. The fourth-order valence-corrected chi connectivity index (χ4v) is 1.89. The number of hydrogen-bond donors (Lipinski definition) is 3. The Bertz CT molecular complexity index is 439. The standard InChI is InChI=1S/C8H10N2O3S.H3N/c1-6(11)10-14(12,13)8-4-2-7(9)3-5-8;/h2-5H,9H2,1H3,(H,10,11);1H3/p+1. The first kappa shape index (κ1) is 13.4. The smallest absolute Gasteiger partial charge is 0.264 e. The Morgan fingerprint density at radius 1 is 1.27 bits per heavy atom. The minimum absolute atomic E-state index is 0. The summed E-state index contributed by atoms with van der Waals surface area (Å²) in [6, 6.07) is 5.57. The molecule has 0 saturated heterocycles. The van der Waals surface area contributed by atoms with E-state index in [1.807, 2.05) is 4.72 Å². The summed E-state index contributed by atoms with van der Waals surface area (Å²) in [4.78, 5) is 10.6. The number of carbonyl (C=O) groups is 1. The second kappa shape index (κ2) is 4.76. The SMILES string of the molecule is CC(=O)NS(=O)(=O)c1ccc(N)cc1.[NH4+]. The van der Waals surface area contributed by atoms with Crippen LogP contribution in [0.5, 0.6) is 0 Å². The maximum absolute atomic E-state index is 11.4. The predicted molar refractivity (Wildman–Crippen MR) is 57.8 cm³/mol. The van der Waals surface area contributed by atoms with E-state index >= 15 is 0 Å². The Morgan fingerprint density at radius 2 is 1.73 bits per heavy atom. The van der Waals surface area contributed by atoms with Gasteiger partial charge in [-0.1, -0.05) is 0 Å². The molecule has 7 heteroatoms. The van der Waals surface area contributed by atoms with E-state index in [1.54, 1.807) is 0 Å². The molecule has 0 bridgehead atoms. The molecule has 6 nitrogen and oxygen atoms in total. The van der Waals surface area contributed by atoms with Gasteiger partial charge in [-0.15, -0.1) is 0 Å². The van der Waals surface area contributed by atoms with Crippen LogP contribution in [0.15, 0.2) is 29.2 Å². The number of rotatable bonds is 2. The number of carbonyl (C=O) groups excluding carboxylic acids is 1. The number of hydrogen-bond acceptors (Lipinski definition) is 4. The summed E-state index contributed by atoms with van der Waals surface area (Å²) >= 11 is 0. The van der Waals surface area contributed by atoms with Gasteiger partial charge in [0.05, 0.1) is 4.90 Å². The fourth-order valence-electron chi connectivity index (χ4n) is 0.895.